The number of nitrogens with two attached hydrogens (primary N) is 1. The minimum Gasteiger partial charge on any atom is -0.345 e. The molecule has 3 atom stereocenters. The number of Topliss-reactive ketones (excluding diaryl/α,β-unsaturated/α-hetero) is 1. The molecular weight excluding hydrogens is 318 g/mol. The SMILES string of the molecule is CCC(N)CCCCC(=O)CN[C@@H](C(=O)N[C@H](C=O)C(C)C)C(C)C. The van der Waals surface area contributed by atoms with Crippen molar-refractivity contribution in [3.05, 3.63) is 0 Å². The summed E-state index contributed by atoms with van der Waals surface area (Å²) < 4.78 is 0. The molecule has 0 saturated carbocycles. The number of unbranched alkanes of at least 4 members (excludes halogenated alkanes) is 1. The number of carbonyl (C=O) groups excluding carboxylic acids is 3. The van der Waals surface area contributed by atoms with E-state index >= 15 is 0 Å². The fourth-order valence-electron chi connectivity index (χ4n) is 2.49. The molecule has 25 heavy (non-hydrogen) atoms. The van der Waals surface area contributed by atoms with E-state index in [-0.39, 0.29) is 36.1 Å². The van der Waals surface area contributed by atoms with Gasteiger partial charge >= 0.3 is 0 Å². The zero-order valence-electron chi connectivity index (χ0n) is 16.5. The molecule has 0 fully saturated rings. The van der Waals surface area contributed by atoms with Crippen molar-refractivity contribution in [2.45, 2.75) is 84.8 Å². The second-order valence-corrected chi connectivity index (χ2v) is 7.47. The van der Waals surface area contributed by atoms with Crippen molar-refractivity contribution in [3.8, 4) is 0 Å². The maximum absolute atomic E-state index is 12.4. The summed E-state index contributed by atoms with van der Waals surface area (Å²) in [6, 6.07) is -0.776. The van der Waals surface area contributed by atoms with Crippen molar-refractivity contribution in [3.63, 3.8) is 0 Å². The highest BCUT2D eigenvalue weighted by Gasteiger charge is 2.25. The zero-order valence-corrected chi connectivity index (χ0v) is 16.5. The number of amides is 1. The summed E-state index contributed by atoms with van der Waals surface area (Å²) in [5.41, 5.74) is 5.86. The van der Waals surface area contributed by atoms with Gasteiger partial charge in [-0.15, -0.1) is 0 Å². The minimum absolute atomic E-state index is 0.0230. The molecule has 146 valence electrons. The molecule has 0 aromatic heterocycles. The Bertz CT molecular complexity index is 411. The van der Waals surface area contributed by atoms with Crippen molar-refractivity contribution in [2.24, 2.45) is 17.6 Å². The lowest BCUT2D eigenvalue weighted by Gasteiger charge is -2.24. The van der Waals surface area contributed by atoms with Crippen LogP contribution < -0.4 is 16.4 Å². The van der Waals surface area contributed by atoms with E-state index in [1.54, 1.807) is 0 Å². The van der Waals surface area contributed by atoms with Gasteiger partial charge in [-0.3, -0.25) is 14.9 Å². The summed E-state index contributed by atoms with van der Waals surface area (Å²) in [5, 5.41) is 5.79. The highest BCUT2D eigenvalue weighted by molar-refractivity contribution is 5.86. The van der Waals surface area contributed by atoms with Crippen LogP contribution in [0.3, 0.4) is 0 Å². The minimum atomic E-state index is -0.506. The normalized spacial score (nSPS) is 15.0. The molecule has 0 aromatic rings. The van der Waals surface area contributed by atoms with Gasteiger partial charge in [0.1, 0.15) is 12.1 Å². The van der Waals surface area contributed by atoms with E-state index in [0.717, 1.165) is 32.0 Å². The smallest absolute Gasteiger partial charge is 0.237 e. The van der Waals surface area contributed by atoms with Gasteiger partial charge in [0.25, 0.3) is 0 Å². The standard InChI is InChI=1S/C19H37N3O3/c1-6-15(20)9-7-8-10-16(24)11-21-18(14(4)5)19(25)22-17(12-23)13(2)3/h12-15,17-18,21H,6-11,20H2,1-5H3,(H,22,25)/t15?,17-,18-/m1/s1. The molecule has 0 aliphatic carbocycles. The van der Waals surface area contributed by atoms with Crippen LogP contribution >= 0.6 is 0 Å². The predicted molar refractivity (Wildman–Crippen MR) is 101 cm³/mol. The number of aldehydes is 1. The Kier molecular flexibility index (Phi) is 12.3. The Labute approximate surface area is 152 Å². The van der Waals surface area contributed by atoms with Crippen LogP contribution in [-0.2, 0) is 14.4 Å². The van der Waals surface area contributed by atoms with E-state index in [1.165, 1.54) is 0 Å². The molecule has 0 aliphatic heterocycles. The maximum atomic E-state index is 12.4. The Morgan fingerprint density at radius 1 is 1.08 bits per heavy atom. The Balaban J connectivity index is 4.32. The number of nitrogens with one attached hydrogen (secondary N) is 2. The molecule has 0 heterocycles. The molecule has 1 unspecified atom stereocenters. The fraction of sp³-hybridized carbons (Fsp3) is 0.842. The molecule has 0 bridgehead atoms. The van der Waals surface area contributed by atoms with Gasteiger partial charge in [-0.1, -0.05) is 41.0 Å². The highest BCUT2D eigenvalue weighted by Crippen LogP contribution is 2.07. The average molecular weight is 356 g/mol. The van der Waals surface area contributed by atoms with Crippen molar-refractivity contribution < 1.29 is 14.4 Å². The third-order valence-electron chi connectivity index (χ3n) is 4.45. The number of hydrogen-bond acceptors (Lipinski definition) is 5. The van der Waals surface area contributed by atoms with Crippen LogP contribution in [-0.4, -0.2) is 42.6 Å². The van der Waals surface area contributed by atoms with Crippen LogP contribution in [0.2, 0.25) is 0 Å². The Morgan fingerprint density at radius 2 is 1.72 bits per heavy atom. The number of rotatable bonds is 14. The summed E-state index contributed by atoms with van der Waals surface area (Å²) >= 11 is 0. The molecule has 1 amide bonds. The quantitative estimate of drug-likeness (QED) is 0.326. The van der Waals surface area contributed by atoms with Crippen LogP contribution in [0.1, 0.15) is 66.7 Å². The van der Waals surface area contributed by atoms with Gasteiger partial charge in [0.15, 0.2) is 0 Å². The van der Waals surface area contributed by atoms with Crippen LogP contribution in [0.15, 0.2) is 0 Å². The average Bonchev–Trinajstić information content (AvgIpc) is 2.55. The van der Waals surface area contributed by atoms with Crippen LogP contribution in [0.5, 0.6) is 0 Å². The summed E-state index contributed by atoms with van der Waals surface area (Å²) in [4.78, 5) is 35.5. The van der Waals surface area contributed by atoms with Gasteiger partial charge in [-0.25, -0.2) is 0 Å². The van der Waals surface area contributed by atoms with Gasteiger partial charge < -0.3 is 15.8 Å². The Morgan fingerprint density at radius 3 is 2.20 bits per heavy atom. The molecule has 6 nitrogen and oxygen atoms in total. The summed E-state index contributed by atoms with van der Waals surface area (Å²) in [5.74, 6) is -0.0814. The monoisotopic (exact) mass is 355 g/mol. The lowest BCUT2D eigenvalue weighted by molar-refractivity contribution is -0.127. The Hall–Kier alpha value is -1.27. The molecule has 0 aromatic carbocycles. The van der Waals surface area contributed by atoms with Gasteiger partial charge in [-0.2, -0.15) is 0 Å². The highest BCUT2D eigenvalue weighted by atomic mass is 16.2. The molecule has 0 saturated heterocycles. The molecule has 0 radical (unpaired) electrons. The maximum Gasteiger partial charge on any atom is 0.237 e. The van der Waals surface area contributed by atoms with E-state index in [4.69, 9.17) is 5.73 Å². The third kappa shape index (κ3) is 10.3. The lowest BCUT2D eigenvalue weighted by Crippen LogP contribution is -2.52. The lowest BCUT2D eigenvalue weighted by atomic mass is 10.0. The summed E-state index contributed by atoms with van der Waals surface area (Å²) in [7, 11) is 0. The van der Waals surface area contributed by atoms with Crippen molar-refractivity contribution in [2.75, 3.05) is 6.54 Å². The molecule has 6 heteroatoms. The summed E-state index contributed by atoms with van der Waals surface area (Å²) in [6.07, 6.45) is 4.93. The molecule has 0 rings (SSSR count). The van der Waals surface area contributed by atoms with E-state index in [0.29, 0.717) is 6.42 Å². The molecular formula is C19H37N3O3. The predicted octanol–water partition coefficient (Wildman–Crippen LogP) is 1.81. The first-order valence-corrected chi connectivity index (χ1v) is 9.49. The first kappa shape index (κ1) is 23.7. The molecule has 4 N–H and O–H groups in total. The van der Waals surface area contributed by atoms with E-state index < -0.39 is 12.1 Å². The van der Waals surface area contributed by atoms with Gasteiger partial charge in [0.05, 0.1) is 18.6 Å². The molecule has 0 aliphatic rings. The fourth-order valence-corrected chi connectivity index (χ4v) is 2.49. The first-order valence-electron chi connectivity index (χ1n) is 9.49. The summed E-state index contributed by atoms with van der Waals surface area (Å²) in [6.45, 7) is 9.82. The number of ketones is 1. The van der Waals surface area contributed by atoms with Crippen LogP contribution in [0, 0.1) is 11.8 Å². The largest absolute Gasteiger partial charge is 0.345 e. The molecule has 0 spiro atoms. The topological polar surface area (TPSA) is 101 Å². The van der Waals surface area contributed by atoms with Gasteiger partial charge in [0, 0.05) is 12.5 Å². The first-order chi connectivity index (χ1) is 11.7. The second kappa shape index (κ2) is 13.0. The second-order valence-electron chi connectivity index (χ2n) is 7.47. The van der Waals surface area contributed by atoms with Gasteiger partial charge in [0.2, 0.25) is 5.91 Å². The van der Waals surface area contributed by atoms with E-state index in [2.05, 4.69) is 17.6 Å². The number of hydrogen-bond donors (Lipinski definition) is 3. The van der Waals surface area contributed by atoms with Crippen LogP contribution in [0.25, 0.3) is 0 Å². The van der Waals surface area contributed by atoms with E-state index in [9.17, 15) is 14.4 Å². The van der Waals surface area contributed by atoms with Crippen molar-refractivity contribution in [1.29, 1.82) is 0 Å². The van der Waals surface area contributed by atoms with E-state index in [1.807, 2.05) is 27.7 Å². The third-order valence-corrected chi connectivity index (χ3v) is 4.45. The van der Waals surface area contributed by atoms with Gasteiger partial charge in [-0.05, 0) is 31.1 Å². The van der Waals surface area contributed by atoms with Crippen molar-refractivity contribution >= 4 is 18.0 Å². The number of carbonyl (C=O) groups is 3. The van der Waals surface area contributed by atoms with Crippen molar-refractivity contribution in [1.82, 2.24) is 10.6 Å². The zero-order chi connectivity index (χ0) is 19.4. The van der Waals surface area contributed by atoms with Crippen LogP contribution in [0.4, 0.5) is 0 Å².